The third-order valence-corrected chi connectivity index (χ3v) is 4.06. The molecule has 1 aromatic heterocycles. The second kappa shape index (κ2) is 6.50. The number of carbonyl (C=O) groups is 1. The first-order chi connectivity index (χ1) is 10.7. The van der Waals surface area contributed by atoms with Crippen LogP contribution in [0, 0.1) is 6.92 Å². The normalized spacial score (nSPS) is 17.6. The largest absolute Gasteiger partial charge is 0.376 e. The summed E-state index contributed by atoms with van der Waals surface area (Å²) < 4.78 is 10.7. The minimum atomic E-state index is -0.218. The maximum Gasteiger partial charge on any atom is 0.257 e. The van der Waals surface area contributed by atoms with Crippen LogP contribution in [-0.4, -0.2) is 30.3 Å². The van der Waals surface area contributed by atoms with Crippen molar-refractivity contribution in [3.63, 3.8) is 0 Å². The van der Waals surface area contributed by atoms with E-state index in [0.717, 1.165) is 19.4 Å². The van der Waals surface area contributed by atoms with Crippen LogP contribution in [0.25, 0.3) is 11.3 Å². The number of benzene rings is 1. The third-order valence-electron chi connectivity index (χ3n) is 3.73. The highest BCUT2D eigenvalue weighted by molar-refractivity contribution is 6.33. The number of nitrogens with one attached hydrogen (secondary N) is 1. The van der Waals surface area contributed by atoms with Crippen LogP contribution in [0.4, 0.5) is 0 Å². The standard InChI is InChI=1S/C16H17ClN2O3/c1-10-14(16(20)18-9-11-5-4-8-21-11)15(19-22-10)12-6-2-3-7-13(12)17/h2-3,6-7,11H,4-5,8-9H2,1H3,(H,18,20)/t11-/m0/s1. The van der Waals surface area contributed by atoms with E-state index in [-0.39, 0.29) is 12.0 Å². The number of nitrogens with zero attached hydrogens (tertiary/aromatic N) is 1. The fourth-order valence-electron chi connectivity index (χ4n) is 2.58. The van der Waals surface area contributed by atoms with Crippen molar-refractivity contribution in [3.05, 3.63) is 40.6 Å². The van der Waals surface area contributed by atoms with Gasteiger partial charge in [0.05, 0.1) is 11.1 Å². The predicted octanol–water partition coefficient (Wildman–Crippen LogP) is 3.21. The van der Waals surface area contributed by atoms with Gasteiger partial charge in [-0.15, -0.1) is 0 Å². The lowest BCUT2D eigenvalue weighted by Crippen LogP contribution is -2.32. The van der Waals surface area contributed by atoms with Gasteiger partial charge in [0, 0.05) is 18.7 Å². The van der Waals surface area contributed by atoms with Crippen molar-refractivity contribution in [1.82, 2.24) is 10.5 Å². The molecule has 0 spiro atoms. The predicted molar refractivity (Wildman–Crippen MR) is 83.0 cm³/mol. The van der Waals surface area contributed by atoms with Gasteiger partial charge in [-0.3, -0.25) is 4.79 Å². The van der Waals surface area contributed by atoms with E-state index in [1.807, 2.05) is 18.2 Å². The molecule has 0 unspecified atom stereocenters. The molecular weight excluding hydrogens is 304 g/mol. The van der Waals surface area contributed by atoms with Gasteiger partial charge >= 0.3 is 0 Å². The van der Waals surface area contributed by atoms with Gasteiger partial charge in [-0.05, 0) is 25.8 Å². The Morgan fingerprint density at radius 1 is 1.45 bits per heavy atom. The lowest BCUT2D eigenvalue weighted by molar-refractivity contribution is 0.0857. The molecule has 1 N–H and O–H groups in total. The number of aryl methyl sites for hydroxylation is 1. The monoisotopic (exact) mass is 320 g/mol. The summed E-state index contributed by atoms with van der Waals surface area (Å²) in [5.74, 6) is 0.254. The van der Waals surface area contributed by atoms with E-state index in [2.05, 4.69) is 10.5 Å². The summed E-state index contributed by atoms with van der Waals surface area (Å²) in [5.41, 5.74) is 1.57. The molecule has 1 aromatic carbocycles. The van der Waals surface area contributed by atoms with Crippen LogP contribution in [0.5, 0.6) is 0 Å². The summed E-state index contributed by atoms with van der Waals surface area (Å²) in [5, 5.41) is 7.42. The molecular formula is C16H17ClN2O3. The van der Waals surface area contributed by atoms with Crippen LogP contribution in [-0.2, 0) is 4.74 Å². The van der Waals surface area contributed by atoms with Crippen LogP contribution in [0.2, 0.25) is 5.02 Å². The van der Waals surface area contributed by atoms with Crippen LogP contribution in [0.1, 0.15) is 29.0 Å². The highest BCUT2D eigenvalue weighted by Crippen LogP contribution is 2.30. The molecule has 0 radical (unpaired) electrons. The van der Waals surface area contributed by atoms with E-state index in [9.17, 15) is 4.79 Å². The van der Waals surface area contributed by atoms with E-state index < -0.39 is 0 Å². The van der Waals surface area contributed by atoms with Crippen LogP contribution in [0.3, 0.4) is 0 Å². The SMILES string of the molecule is Cc1onc(-c2ccccc2Cl)c1C(=O)NC[C@@H]1CCCO1. The lowest BCUT2D eigenvalue weighted by atomic mass is 10.1. The first-order valence-electron chi connectivity index (χ1n) is 7.28. The van der Waals surface area contributed by atoms with E-state index in [4.69, 9.17) is 20.9 Å². The summed E-state index contributed by atoms with van der Waals surface area (Å²) >= 11 is 6.19. The number of hydrogen-bond acceptors (Lipinski definition) is 4. The third kappa shape index (κ3) is 3.00. The Morgan fingerprint density at radius 3 is 3.00 bits per heavy atom. The quantitative estimate of drug-likeness (QED) is 0.939. The maximum absolute atomic E-state index is 12.5. The molecule has 1 aliphatic rings. The Morgan fingerprint density at radius 2 is 2.27 bits per heavy atom. The van der Waals surface area contributed by atoms with Crippen molar-refractivity contribution in [2.45, 2.75) is 25.9 Å². The van der Waals surface area contributed by atoms with Crippen molar-refractivity contribution in [2.75, 3.05) is 13.2 Å². The van der Waals surface area contributed by atoms with Crippen molar-refractivity contribution in [2.24, 2.45) is 0 Å². The average Bonchev–Trinajstić information content (AvgIpc) is 3.15. The molecule has 1 saturated heterocycles. The molecule has 2 aromatic rings. The average molecular weight is 321 g/mol. The van der Waals surface area contributed by atoms with Gasteiger partial charge in [0.1, 0.15) is 17.0 Å². The first-order valence-corrected chi connectivity index (χ1v) is 7.65. The van der Waals surface area contributed by atoms with Crippen LogP contribution in [0.15, 0.2) is 28.8 Å². The minimum absolute atomic E-state index is 0.0906. The van der Waals surface area contributed by atoms with Gasteiger partial charge in [-0.1, -0.05) is 35.0 Å². The van der Waals surface area contributed by atoms with Crippen molar-refractivity contribution in [1.29, 1.82) is 0 Å². The number of carbonyl (C=O) groups excluding carboxylic acids is 1. The fourth-order valence-corrected chi connectivity index (χ4v) is 2.80. The lowest BCUT2D eigenvalue weighted by Gasteiger charge is -2.11. The van der Waals surface area contributed by atoms with Gasteiger partial charge in [-0.25, -0.2) is 0 Å². The highest BCUT2D eigenvalue weighted by Gasteiger charge is 2.24. The van der Waals surface area contributed by atoms with E-state index in [1.165, 1.54) is 0 Å². The Hall–Kier alpha value is -1.85. The number of halogens is 1. The van der Waals surface area contributed by atoms with E-state index >= 15 is 0 Å². The molecule has 1 aliphatic heterocycles. The first kappa shape index (κ1) is 15.1. The van der Waals surface area contributed by atoms with Gasteiger partial charge in [0.15, 0.2) is 0 Å². The van der Waals surface area contributed by atoms with E-state index in [0.29, 0.717) is 34.1 Å². The van der Waals surface area contributed by atoms with Gasteiger partial charge < -0.3 is 14.6 Å². The Kier molecular flexibility index (Phi) is 4.45. The molecule has 2 heterocycles. The molecule has 5 nitrogen and oxygen atoms in total. The molecule has 22 heavy (non-hydrogen) atoms. The number of rotatable bonds is 4. The Balaban J connectivity index is 1.82. The molecule has 1 amide bonds. The maximum atomic E-state index is 12.5. The zero-order valence-electron chi connectivity index (χ0n) is 12.3. The molecule has 1 atom stereocenters. The second-order valence-electron chi connectivity index (χ2n) is 5.29. The molecule has 3 rings (SSSR count). The molecule has 6 heteroatoms. The molecule has 1 fully saturated rings. The molecule has 0 aliphatic carbocycles. The second-order valence-corrected chi connectivity index (χ2v) is 5.69. The Bertz CT molecular complexity index is 678. The number of hydrogen-bond donors (Lipinski definition) is 1. The van der Waals surface area contributed by atoms with Gasteiger partial charge in [0.2, 0.25) is 0 Å². The fraction of sp³-hybridized carbons (Fsp3) is 0.375. The molecule has 116 valence electrons. The van der Waals surface area contributed by atoms with Crippen molar-refractivity contribution in [3.8, 4) is 11.3 Å². The number of aromatic nitrogens is 1. The van der Waals surface area contributed by atoms with E-state index in [1.54, 1.807) is 13.0 Å². The summed E-state index contributed by atoms with van der Waals surface area (Å²) in [4.78, 5) is 12.5. The van der Waals surface area contributed by atoms with Crippen LogP contribution >= 0.6 is 11.6 Å². The van der Waals surface area contributed by atoms with Gasteiger partial charge in [0.25, 0.3) is 5.91 Å². The molecule has 0 saturated carbocycles. The smallest absolute Gasteiger partial charge is 0.257 e. The van der Waals surface area contributed by atoms with Crippen molar-refractivity contribution >= 4 is 17.5 Å². The minimum Gasteiger partial charge on any atom is -0.376 e. The van der Waals surface area contributed by atoms with Crippen molar-refractivity contribution < 1.29 is 14.1 Å². The number of amides is 1. The summed E-state index contributed by atoms with van der Waals surface area (Å²) in [6.07, 6.45) is 2.10. The summed E-state index contributed by atoms with van der Waals surface area (Å²) in [7, 11) is 0. The van der Waals surface area contributed by atoms with Crippen LogP contribution < -0.4 is 5.32 Å². The summed E-state index contributed by atoms with van der Waals surface area (Å²) in [6.45, 7) is 2.97. The zero-order valence-corrected chi connectivity index (χ0v) is 13.0. The number of ether oxygens (including phenoxy) is 1. The summed E-state index contributed by atoms with van der Waals surface area (Å²) in [6, 6.07) is 7.25. The Labute approximate surface area is 133 Å². The molecule has 0 bridgehead atoms. The zero-order chi connectivity index (χ0) is 15.5. The topological polar surface area (TPSA) is 64.4 Å². The van der Waals surface area contributed by atoms with Gasteiger partial charge in [-0.2, -0.15) is 0 Å². The highest BCUT2D eigenvalue weighted by atomic mass is 35.5.